The van der Waals surface area contributed by atoms with Gasteiger partial charge in [0.05, 0.1) is 23.5 Å². The number of H-pyrrole nitrogens is 1. The van der Waals surface area contributed by atoms with Gasteiger partial charge in [0.25, 0.3) is 5.56 Å². The summed E-state index contributed by atoms with van der Waals surface area (Å²) in [5.74, 6) is 0. The average molecular weight is 382 g/mol. The number of aromatic amines is 1. The van der Waals surface area contributed by atoms with E-state index < -0.39 is 0 Å². The number of aromatic nitrogens is 3. The third-order valence-electron chi connectivity index (χ3n) is 5.75. The largest absolute Gasteiger partial charge is 0.293 e. The quantitative estimate of drug-likeness (QED) is 0.577. The lowest BCUT2D eigenvalue weighted by molar-refractivity contribution is 0.869. The normalized spacial score (nSPS) is 13.0. The molecule has 1 N–H and O–H groups in total. The second-order valence-corrected chi connectivity index (χ2v) is 7.48. The van der Waals surface area contributed by atoms with Gasteiger partial charge in [-0.1, -0.05) is 55.5 Å². The van der Waals surface area contributed by atoms with Gasteiger partial charge in [-0.15, -0.1) is 0 Å². The number of benzene rings is 2. The molecule has 144 valence electrons. The maximum absolute atomic E-state index is 13.5. The van der Waals surface area contributed by atoms with Crippen molar-refractivity contribution >= 4 is 11.4 Å². The number of hydrogen-bond acceptors (Lipinski definition) is 3. The lowest BCUT2D eigenvalue weighted by atomic mass is 9.95. The predicted molar refractivity (Wildman–Crippen MR) is 116 cm³/mol. The highest BCUT2D eigenvalue weighted by molar-refractivity contribution is 6.15. The summed E-state index contributed by atoms with van der Waals surface area (Å²) in [5.41, 5.74) is 9.07. The highest BCUT2D eigenvalue weighted by Gasteiger charge is 2.26. The van der Waals surface area contributed by atoms with E-state index in [1.165, 1.54) is 11.1 Å². The second kappa shape index (κ2) is 6.55. The zero-order valence-electron chi connectivity index (χ0n) is 16.8. The van der Waals surface area contributed by atoms with Crippen LogP contribution in [0.2, 0.25) is 0 Å². The number of hydrogen-bond donors (Lipinski definition) is 1. The Morgan fingerprint density at radius 1 is 1.03 bits per heavy atom. The highest BCUT2D eigenvalue weighted by atomic mass is 16.1. The molecule has 5 heteroatoms. The number of aryl methyl sites for hydroxylation is 3. The third-order valence-corrected chi connectivity index (χ3v) is 5.75. The Balaban J connectivity index is 1.75. The van der Waals surface area contributed by atoms with Crippen molar-refractivity contribution in [2.45, 2.75) is 33.7 Å². The van der Waals surface area contributed by atoms with Gasteiger partial charge in [0.2, 0.25) is 0 Å². The zero-order valence-corrected chi connectivity index (χ0v) is 16.8. The topological polar surface area (TPSA) is 62.5 Å². The average Bonchev–Trinajstić information content (AvgIpc) is 3.30. The maximum atomic E-state index is 13.5. The van der Waals surface area contributed by atoms with Crippen molar-refractivity contribution in [3.8, 4) is 11.1 Å². The molecule has 29 heavy (non-hydrogen) atoms. The minimum Gasteiger partial charge on any atom is -0.293 e. The second-order valence-electron chi connectivity index (χ2n) is 7.48. The van der Waals surface area contributed by atoms with Gasteiger partial charge < -0.3 is 0 Å². The summed E-state index contributed by atoms with van der Waals surface area (Å²) in [4.78, 5) is 23.1. The fourth-order valence-corrected chi connectivity index (χ4v) is 4.34. The summed E-state index contributed by atoms with van der Waals surface area (Å²) in [5, 5.41) is 3.22. The monoisotopic (exact) mass is 382 g/mol. The molecule has 0 radical (unpaired) electrons. The van der Waals surface area contributed by atoms with E-state index >= 15 is 0 Å². The van der Waals surface area contributed by atoms with Crippen molar-refractivity contribution in [1.29, 1.82) is 0 Å². The lowest BCUT2D eigenvalue weighted by Crippen LogP contribution is -2.26. The molecule has 0 saturated heterocycles. The Labute approximate surface area is 168 Å². The highest BCUT2D eigenvalue weighted by Crippen LogP contribution is 2.29. The van der Waals surface area contributed by atoms with Crippen LogP contribution in [0.1, 0.15) is 40.6 Å². The van der Waals surface area contributed by atoms with Crippen molar-refractivity contribution in [3.05, 3.63) is 92.5 Å². The van der Waals surface area contributed by atoms with Gasteiger partial charge >= 0.3 is 0 Å². The van der Waals surface area contributed by atoms with Crippen molar-refractivity contribution in [3.63, 3.8) is 0 Å². The molecular weight excluding hydrogens is 360 g/mol. The number of fused-ring (bicyclic) bond motifs is 2. The molecule has 0 fully saturated rings. The van der Waals surface area contributed by atoms with Crippen LogP contribution in [0.5, 0.6) is 0 Å². The Morgan fingerprint density at radius 3 is 2.59 bits per heavy atom. The van der Waals surface area contributed by atoms with Crippen LogP contribution < -0.4 is 5.56 Å². The molecule has 0 atom stereocenters. The number of nitrogens with one attached hydrogen (secondary N) is 1. The Bertz CT molecular complexity index is 1340. The van der Waals surface area contributed by atoms with Crippen molar-refractivity contribution < 1.29 is 0 Å². The van der Waals surface area contributed by atoms with E-state index in [2.05, 4.69) is 24.2 Å². The molecular formula is C24H22N4O. The Kier molecular flexibility index (Phi) is 3.98. The Morgan fingerprint density at radius 2 is 1.83 bits per heavy atom. The van der Waals surface area contributed by atoms with Gasteiger partial charge in [-0.3, -0.25) is 14.9 Å². The molecule has 2 aromatic heterocycles. The van der Waals surface area contributed by atoms with E-state index in [1.54, 1.807) is 4.52 Å². The molecule has 1 aliphatic rings. The zero-order chi connectivity index (χ0) is 20.1. The molecule has 0 amide bonds. The van der Waals surface area contributed by atoms with Crippen LogP contribution in [0, 0.1) is 13.8 Å². The molecule has 4 aromatic rings. The van der Waals surface area contributed by atoms with E-state index in [0.717, 1.165) is 34.5 Å². The van der Waals surface area contributed by atoms with Crippen LogP contribution in [0.4, 0.5) is 0 Å². The first kappa shape index (κ1) is 17.6. The molecule has 0 bridgehead atoms. The van der Waals surface area contributed by atoms with E-state index in [9.17, 15) is 4.79 Å². The first-order valence-corrected chi connectivity index (χ1v) is 9.93. The van der Waals surface area contributed by atoms with Crippen LogP contribution in [0.3, 0.4) is 0 Å². The summed E-state index contributed by atoms with van der Waals surface area (Å²) in [7, 11) is 0. The predicted octanol–water partition coefficient (Wildman–Crippen LogP) is 4.22. The molecule has 3 heterocycles. The van der Waals surface area contributed by atoms with Crippen LogP contribution in [0.25, 0.3) is 16.8 Å². The van der Waals surface area contributed by atoms with Gasteiger partial charge in [0.15, 0.2) is 5.65 Å². The third kappa shape index (κ3) is 2.58. The summed E-state index contributed by atoms with van der Waals surface area (Å²) in [6.45, 7) is 6.64. The molecule has 5 nitrogen and oxygen atoms in total. The van der Waals surface area contributed by atoms with Crippen molar-refractivity contribution in [1.82, 2.24) is 14.6 Å². The fraction of sp³-hybridized carbons (Fsp3) is 0.208. The number of rotatable bonds is 3. The standard InChI is InChI=1S/C24H22N4O/c1-4-16-11-8-12-18-19(16)13-25-22(18)21-14(2)26-23-20(17-9-6-5-7-10-17)15(3)27-28(23)24(21)29/h5-12,27H,4,13H2,1-3H3. The molecule has 0 saturated carbocycles. The van der Waals surface area contributed by atoms with E-state index in [0.29, 0.717) is 23.4 Å². The molecule has 0 spiro atoms. The lowest BCUT2D eigenvalue weighted by Gasteiger charge is -2.09. The van der Waals surface area contributed by atoms with Gasteiger partial charge in [0, 0.05) is 16.8 Å². The first-order valence-electron chi connectivity index (χ1n) is 9.93. The molecule has 0 unspecified atom stereocenters. The van der Waals surface area contributed by atoms with Gasteiger partial charge in [-0.25, -0.2) is 9.50 Å². The molecule has 2 aromatic carbocycles. The van der Waals surface area contributed by atoms with Crippen LogP contribution in [-0.2, 0) is 13.0 Å². The van der Waals surface area contributed by atoms with Crippen LogP contribution in [0.15, 0.2) is 58.3 Å². The molecule has 0 aliphatic carbocycles. The molecule has 1 aliphatic heterocycles. The van der Waals surface area contributed by atoms with Crippen LogP contribution >= 0.6 is 0 Å². The van der Waals surface area contributed by atoms with E-state index in [1.807, 2.05) is 50.2 Å². The van der Waals surface area contributed by atoms with E-state index in [4.69, 9.17) is 9.98 Å². The molecule has 5 rings (SSSR count). The van der Waals surface area contributed by atoms with E-state index in [-0.39, 0.29) is 5.56 Å². The summed E-state index contributed by atoms with van der Waals surface area (Å²) in [6.07, 6.45) is 0.956. The summed E-state index contributed by atoms with van der Waals surface area (Å²) in [6, 6.07) is 16.3. The van der Waals surface area contributed by atoms with Gasteiger partial charge in [-0.2, -0.15) is 0 Å². The van der Waals surface area contributed by atoms with Crippen LogP contribution in [-0.4, -0.2) is 20.3 Å². The number of nitrogens with zero attached hydrogens (tertiary/aromatic N) is 3. The summed E-state index contributed by atoms with van der Waals surface area (Å²) >= 11 is 0. The fourth-order valence-electron chi connectivity index (χ4n) is 4.34. The Hall–Kier alpha value is -3.47. The maximum Gasteiger partial charge on any atom is 0.282 e. The van der Waals surface area contributed by atoms with Gasteiger partial charge in [0.1, 0.15) is 0 Å². The first-order chi connectivity index (χ1) is 14.1. The summed E-state index contributed by atoms with van der Waals surface area (Å²) < 4.78 is 1.56. The van der Waals surface area contributed by atoms with Crippen molar-refractivity contribution in [2.24, 2.45) is 4.99 Å². The van der Waals surface area contributed by atoms with Gasteiger partial charge in [-0.05, 0) is 37.0 Å². The SMILES string of the molecule is CCc1cccc2c1CN=C2c1c(C)nc2c(-c3ccccc3)c(C)[nH]n2c1=O. The number of aliphatic imine (C=N–C) groups is 1. The minimum atomic E-state index is -0.105. The van der Waals surface area contributed by atoms with Crippen molar-refractivity contribution in [2.75, 3.05) is 0 Å². The smallest absolute Gasteiger partial charge is 0.282 e. The minimum absolute atomic E-state index is 0.105.